The molecule has 30 heavy (non-hydrogen) atoms. The van der Waals surface area contributed by atoms with E-state index < -0.39 is 11.9 Å². The molecule has 1 unspecified atom stereocenters. The van der Waals surface area contributed by atoms with Crippen molar-refractivity contribution in [2.24, 2.45) is 0 Å². The van der Waals surface area contributed by atoms with Gasteiger partial charge in [-0.2, -0.15) is 0 Å². The molecule has 0 radical (unpaired) electrons. The molecule has 0 aliphatic heterocycles. The van der Waals surface area contributed by atoms with Crippen LogP contribution in [0.4, 0.5) is 4.39 Å². The summed E-state index contributed by atoms with van der Waals surface area (Å²) in [6.07, 6.45) is 0.835. The van der Waals surface area contributed by atoms with Crippen molar-refractivity contribution < 1.29 is 28.9 Å². The number of ether oxygens (including phenoxy) is 1. The number of carbonyl (C=O) groups is 2. The molecule has 0 bridgehead atoms. The van der Waals surface area contributed by atoms with Crippen molar-refractivity contribution in [3.63, 3.8) is 0 Å². The van der Waals surface area contributed by atoms with Crippen LogP contribution in [0.2, 0.25) is 0 Å². The molecular weight excluding hydrogens is 389 g/mol. The predicted octanol–water partition coefficient (Wildman–Crippen LogP) is 4.21. The number of aliphatic carboxylic acids is 2. The summed E-state index contributed by atoms with van der Waals surface area (Å²) in [4.78, 5) is 20.3. The monoisotopic (exact) mass is 413 g/mol. The Labute approximate surface area is 174 Å². The summed E-state index contributed by atoms with van der Waals surface area (Å²) in [6, 6.07) is 21.2. The van der Waals surface area contributed by atoms with Crippen LogP contribution >= 0.6 is 0 Å². The minimum atomic E-state index is -1.82. The molecule has 158 valence electrons. The summed E-state index contributed by atoms with van der Waals surface area (Å²) < 4.78 is 19.2. The van der Waals surface area contributed by atoms with E-state index in [0.717, 1.165) is 23.1 Å². The average Bonchev–Trinajstić information content (AvgIpc) is 2.72. The number of hydrogen-bond donors (Lipinski definition) is 2. The molecule has 2 N–H and O–H groups in total. The highest BCUT2D eigenvalue weighted by Gasteiger charge is 2.14. The number of hydrogen-bond acceptors (Lipinski definition) is 4. The highest BCUT2D eigenvalue weighted by atomic mass is 19.1. The molecule has 6 nitrogen and oxygen atoms in total. The molecule has 0 aromatic heterocycles. The van der Waals surface area contributed by atoms with Crippen LogP contribution in [0.25, 0.3) is 10.8 Å². The fourth-order valence-corrected chi connectivity index (χ4v) is 3.01. The molecule has 0 fully saturated rings. The lowest BCUT2D eigenvalue weighted by Crippen LogP contribution is -2.22. The second kappa shape index (κ2) is 10.9. The van der Waals surface area contributed by atoms with Crippen LogP contribution in [0.1, 0.15) is 18.0 Å². The Bertz CT molecular complexity index is 971. The van der Waals surface area contributed by atoms with Gasteiger partial charge in [-0.15, -0.1) is 0 Å². The number of fused-ring (bicyclic) bond motifs is 1. The summed E-state index contributed by atoms with van der Waals surface area (Å²) in [5, 5.41) is 17.1. The van der Waals surface area contributed by atoms with E-state index in [9.17, 15) is 4.39 Å². The molecule has 0 heterocycles. The van der Waals surface area contributed by atoms with E-state index in [4.69, 9.17) is 24.5 Å². The smallest absolute Gasteiger partial charge is 0.414 e. The maximum atomic E-state index is 13.1. The van der Waals surface area contributed by atoms with E-state index >= 15 is 0 Å². The third kappa shape index (κ3) is 6.56. The van der Waals surface area contributed by atoms with Gasteiger partial charge in [0, 0.05) is 17.8 Å². The summed E-state index contributed by atoms with van der Waals surface area (Å²) >= 11 is 0. The molecule has 0 saturated heterocycles. The maximum absolute atomic E-state index is 13.1. The third-order valence-corrected chi connectivity index (χ3v) is 4.46. The minimum Gasteiger partial charge on any atom is -0.493 e. The first-order valence-corrected chi connectivity index (χ1v) is 9.28. The van der Waals surface area contributed by atoms with Crippen molar-refractivity contribution in [3.8, 4) is 5.75 Å². The van der Waals surface area contributed by atoms with Crippen LogP contribution < -0.4 is 4.74 Å². The zero-order chi connectivity index (χ0) is 22.1. The lowest BCUT2D eigenvalue weighted by Gasteiger charge is -2.25. The lowest BCUT2D eigenvalue weighted by atomic mass is 10.0. The molecule has 0 saturated carbocycles. The number of benzene rings is 3. The van der Waals surface area contributed by atoms with Crippen LogP contribution in [-0.2, 0) is 9.59 Å². The third-order valence-electron chi connectivity index (χ3n) is 4.46. The molecule has 0 spiro atoms. The number of nitrogens with zero attached hydrogens (tertiary/aromatic N) is 1. The summed E-state index contributed by atoms with van der Waals surface area (Å²) in [5.41, 5.74) is 1.10. The van der Waals surface area contributed by atoms with Crippen LogP contribution in [0.3, 0.4) is 0 Å². The standard InChI is InChI=1S/C21H22FNO.C2H2O4/c1-23(2)20(17-10-12-18(22)13-11-17)14-15-24-21-9-5-7-16-6-3-4-8-19(16)21;3-1(4)2(5)6/h3-13,20H,14-15H2,1-2H3;(H,3,4)(H,5,6). The van der Waals surface area contributed by atoms with E-state index in [1.165, 1.54) is 17.5 Å². The number of rotatable bonds is 6. The fraction of sp³-hybridized carbons (Fsp3) is 0.217. The first kappa shape index (κ1) is 22.8. The van der Waals surface area contributed by atoms with Gasteiger partial charge in [0.1, 0.15) is 11.6 Å². The quantitative estimate of drug-likeness (QED) is 0.589. The Balaban J connectivity index is 0.000000469. The predicted molar refractivity (Wildman–Crippen MR) is 112 cm³/mol. The van der Waals surface area contributed by atoms with E-state index in [-0.39, 0.29) is 11.9 Å². The van der Waals surface area contributed by atoms with Gasteiger partial charge >= 0.3 is 11.9 Å². The van der Waals surface area contributed by atoms with Crippen molar-refractivity contribution in [3.05, 3.63) is 78.1 Å². The summed E-state index contributed by atoms with van der Waals surface area (Å²) in [5.74, 6) is -2.95. The largest absolute Gasteiger partial charge is 0.493 e. The summed E-state index contributed by atoms with van der Waals surface area (Å²) in [7, 11) is 4.07. The number of carboxylic acid groups (broad SMARTS) is 2. The molecule has 3 rings (SSSR count). The fourth-order valence-electron chi connectivity index (χ4n) is 3.01. The van der Waals surface area contributed by atoms with Crippen LogP contribution in [0.5, 0.6) is 5.75 Å². The summed E-state index contributed by atoms with van der Waals surface area (Å²) in [6.45, 7) is 0.605. The van der Waals surface area contributed by atoms with Gasteiger partial charge in [0.15, 0.2) is 0 Å². The number of halogens is 1. The molecule has 1 atom stereocenters. The Morgan fingerprint density at radius 3 is 2.13 bits per heavy atom. The molecule has 7 heteroatoms. The van der Waals surface area contributed by atoms with Crippen molar-refractivity contribution in [1.82, 2.24) is 4.90 Å². The Morgan fingerprint density at radius 1 is 0.933 bits per heavy atom. The highest BCUT2D eigenvalue weighted by molar-refractivity contribution is 6.27. The van der Waals surface area contributed by atoms with Crippen LogP contribution in [0, 0.1) is 5.82 Å². The first-order valence-electron chi connectivity index (χ1n) is 9.28. The molecule has 0 aliphatic rings. The van der Waals surface area contributed by atoms with Gasteiger partial charge in [-0.05, 0) is 43.2 Å². The Morgan fingerprint density at radius 2 is 1.53 bits per heavy atom. The van der Waals surface area contributed by atoms with Gasteiger partial charge in [0.2, 0.25) is 0 Å². The zero-order valence-electron chi connectivity index (χ0n) is 16.8. The second-order valence-electron chi connectivity index (χ2n) is 6.76. The van der Waals surface area contributed by atoms with Gasteiger partial charge in [-0.25, -0.2) is 14.0 Å². The topological polar surface area (TPSA) is 87.1 Å². The van der Waals surface area contributed by atoms with Gasteiger partial charge in [0.05, 0.1) is 6.61 Å². The van der Waals surface area contributed by atoms with Gasteiger partial charge in [-0.1, -0.05) is 48.5 Å². The SMILES string of the molecule is CN(C)C(CCOc1cccc2ccccc12)c1ccc(F)cc1.O=C(O)C(=O)O. The first-order chi connectivity index (χ1) is 14.3. The maximum Gasteiger partial charge on any atom is 0.414 e. The normalized spacial score (nSPS) is 11.5. The van der Waals surface area contributed by atoms with Crippen molar-refractivity contribution in [2.75, 3.05) is 20.7 Å². The number of carboxylic acids is 2. The Kier molecular flexibility index (Phi) is 8.31. The van der Waals surface area contributed by atoms with E-state index in [2.05, 4.69) is 23.1 Å². The van der Waals surface area contributed by atoms with Gasteiger partial charge in [0.25, 0.3) is 0 Å². The minimum absolute atomic E-state index is 0.195. The van der Waals surface area contributed by atoms with Crippen LogP contribution in [-0.4, -0.2) is 47.8 Å². The molecule has 3 aromatic rings. The second-order valence-corrected chi connectivity index (χ2v) is 6.76. The molecular formula is C23H24FNO5. The average molecular weight is 413 g/mol. The van der Waals surface area contributed by atoms with E-state index in [1.54, 1.807) is 0 Å². The molecule has 3 aromatic carbocycles. The van der Waals surface area contributed by atoms with Crippen molar-refractivity contribution in [1.29, 1.82) is 0 Å². The lowest BCUT2D eigenvalue weighted by molar-refractivity contribution is -0.159. The van der Waals surface area contributed by atoms with Gasteiger partial charge < -0.3 is 19.8 Å². The van der Waals surface area contributed by atoms with Crippen LogP contribution in [0.15, 0.2) is 66.7 Å². The van der Waals surface area contributed by atoms with E-state index in [0.29, 0.717) is 6.61 Å². The Hall–Kier alpha value is -3.45. The van der Waals surface area contributed by atoms with E-state index in [1.807, 2.05) is 50.5 Å². The van der Waals surface area contributed by atoms with Crippen molar-refractivity contribution >= 4 is 22.7 Å². The highest BCUT2D eigenvalue weighted by Crippen LogP contribution is 2.27. The van der Waals surface area contributed by atoms with Gasteiger partial charge in [-0.3, -0.25) is 0 Å². The molecule has 0 aliphatic carbocycles. The molecule has 0 amide bonds. The van der Waals surface area contributed by atoms with Crippen molar-refractivity contribution in [2.45, 2.75) is 12.5 Å². The zero-order valence-corrected chi connectivity index (χ0v) is 16.8.